The van der Waals surface area contributed by atoms with Gasteiger partial charge in [-0.1, -0.05) is 0 Å². The molecule has 0 aliphatic carbocycles. The number of pyridine rings is 2. The molecule has 0 atom stereocenters. The summed E-state index contributed by atoms with van der Waals surface area (Å²) in [4.78, 5) is 17.2. The summed E-state index contributed by atoms with van der Waals surface area (Å²) in [7, 11) is -5.88. The topological polar surface area (TPSA) is 87.5 Å². The Bertz CT molecular complexity index is 1430. The molecule has 3 aromatic heterocycles. The fourth-order valence-corrected chi connectivity index (χ4v) is 4.61. The molecule has 0 fully saturated rings. The Labute approximate surface area is 184 Å². The number of benzene rings is 1. The first-order chi connectivity index (χ1) is 14.1. The van der Waals surface area contributed by atoms with Crippen molar-refractivity contribution in [3.8, 4) is 17.2 Å². The molecule has 4 aromatic rings. The van der Waals surface area contributed by atoms with Crippen LogP contribution in [0.25, 0.3) is 26.0 Å². The van der Waals surface area contributed by atoms with Crippen LogP contribution in [0.1, 0.15) is 0 Å². The zero-order chi connectivity index (χ0) is 21.7. The average Bonchev–Trinajstić information content (AvgIpc) is 3.08. The van der Waals surface area contributed by atoms with Crippen molar-refractivity contribution in [1.29, 1.82) is 0 Å². The highest BCUT2D eigenvalue weighted by Gasteiger charge is 2.48. The summed E-state index contributed by atoms with van der Waals surface area (Å²) in [5.41, 5.74) is -5.49. The quantitative estimate of drug-likeness (QED) is 0.204. The number of hydrogen-bond donors (Lipinski definition) is 0. The highest BCUT2D eigenvalue weighted by molar-refractivity contribution is 14.1. The molecular weight excluding hydrogens is 560 g/mol. The van der Waals surface area contributed by atoms with Crippen molar-refractivity contribution < 1.29 is 28.8 Å². The van der Waals surface area contributed by atoms with E-state index in [1.54, 1.807) is 47.3 Å². The van der Waals surface area contributed by atoms with Crippen molar-refractivity contribution in [1.82, 2.24) is 9.55 Å². The number of fused-ring (bicyclic) bond motifs is 3. The van der Waals surface area contributed by atoms with Crippen LogP contribution in [0.15, 0.2) is 53.6 Å². The monoisotopic (exact) mass is 568 g/mol. The van der Waals surface area contributed by atoms with E-state index in [9.17, 15) is 26.4 Å². The van der Waals surface area contributed by atoms with E-state index in [1.807, 2.05) is 0 Å². The first kappa shape index (κ1) is 20.9. The van der Waals surface area contributed by atoms with Gasteiger partial charge in [-0.05, 0) is 30.3 Å². The molecule has 3 heterocycles. The molecule has 30 heavy (non-hydrogen) atoms. The van der Waals surface area contributed by atoms with Gasteiger partial charge in [0.25, 0.3) is 5.56 Å². The summed E-state index contributed by atoms with van der Waals surface area (Å²) in [6.07, 6.45) is 2.55. The van der Waals surface area contributed by atoms with E-state index in [2.05, 4.69) is 9.17 Å². The minimum Gasteiger partial charge on any atom is -0.428 e. The van der Waals surface area contributed by atoms with E-state index in [4.69, 9.17) is 3.07 Å². The van der Waals surface area contributed by atoms with Gasteiger partial charge in [-0.3, -0.25) is 9.36 Å². The minimum atomic E-state index is -5.88. The van der Waals surface area contributed by atoms with Crippen LogP contribution in [0.4, 0.5) is 13.2 Å². The predicted octanol–water partition coefficient (Wildman–Crippen LogP) is 4.56. The third-order valence-electron chi connectivity index (χ3n) is 4.08. The van der Waals surface area contributed by atoms with Gasteiger partial charge in [0.05, 0.1) is 5.39 Å². The van der Waals surface area contributed by atoms with E-state index >= 15 is 0 Å². The molecule has 0 N–H and O–H groups in total. The Morgan fingerprint density at radius 1 is 1.10 bits per heavy atom. The largest absolute Gasteiger partial charge is 0.534 e. The first-order valence-corrected chi connectivity index (χ1v) is 11.1. The Kier molecular flexibility index (Phi) is 5.14. The maximum absolute atomic E-state index is 13.0. The summed E-state index contributed by atoms with van der Waals surface area (Å²) in [6.45, 7) is 0. The summed E-state index contributed by atoms with van der Waals surface area (Å²) in [5, 5.41) is 0.257. The van der Waals surface area contributed by atoms with Crippen LogP contribution in [0.5, 0.6) is 11.5 Å². The highest BCUT2D eigenvalue weighted by atomic mass is 127. The molecular formula is C17H8F3IN2O5S2. The van der Waals surface area contributed by atoms with Gasteiger partial charge in [0.2, 0.25) is 0 Å². The van der Waals surface area contributed by atoms with Crippen molar-refractivity contribution in [2.24, 2.45) is 0 Å². The van der Waals surface area contributed by atoms with Crippen LogP contribution >= 0.6 is 34.3 Å². The van der Waals surface area contributed by atoms with Crippen molar-refractivity contribution in [2.45, 2.75) is 5.51 Å². The molecule has 13 heteroatoms. The molecule has 0 saturated heterocycles. The normalized spacial score (nSPS) is 12.4. The van der Waals surface area contributed by atoms with Gasteiger partial charge in [0.15, 0.2) is 28.8 Å². The molecule has 0 amide bonds. The lowest BCUT2D eigenvalue weighted by molar-refractivity contribution is -0.0499. The zero-order valence-electron chi connectivity index (χ0n) is 14.4. The second-order valence-electron chi connectivity index (χ2n) is 5.88. The predicted molar refractivity (Wildman–Crippen MR) is 113 cm³/mol. The smallest absolute Gasteiger partial charge is 0.428 e. The van der Waals surface area contributed by atoms with Gasteiger partial charge < -0.3 is 7.25 Å². The molecule has 0 unspecified atom stereocenters. The Hall–Kier alpha value is -2.39. The van der Waals surface area contributed by atoms with Crippen LogP contribution in [0.2, 0.25) is 0 Å². The lowest BCUT2D eigenvalue weighted by Crippen LogP contribution is -2.28. The number of thiophene rings is 1. The van der Waals surface area contributed by atoms with E-state index in [-0.39, 0.29) is 20.3 Å². The van der Waals surface area contributed by atoms with E-state index in [0.717, 1.165) is 23.6 Å². The lowest BCUT2D eigenvalue weighted by Gasteiger charge is -2.10. The van der Waals surface area contributed by atoms with Crippen LogP contribution in [-0.2, 0) is 10.1 Å². The Morgan fingerprint density at radius 3 is 2.43 bits per heavy atom. The van der Waals surface area contributed by atoms with Gasteiger partial charge in [-0.2, -0.15) is 21.6 Å². The molecule has 7 nitrogen and oxygen atoms in total. The minimum absolute atomic E-state index is 0.0169. The first-order valence-electron chi connectivity index (χ1n) is 7.95. The van der Waals surface area contributed by atoms with Crippen molar-refractivity contribution in [3.63, 3.8) is 0 Å². The second-order valence-corrected chi connectivity index (χ2v) is 8.86. The van der Waals surface area contributed by atoms with Crippen LogP contribution in [0.3, 0.4) is 0 Å². The van der Waals surface area contributed by atoms with Gasteiger partial charge in [-0.15, -0.1) is 11.3 Å². The number of hydrogen-bond acceptors (Lipinski definition) is 7. The van der Waals surface area contributed by atoms with E-state index < -0.39 is 26.9 Å². The molecule has 156 valence electrons. The van der Waals surface area contributed by atoms with Crippen molar-refractivity contribution in [2.75, 3.05) is 0 Å². The summed E-state index contributed by atoms with van der Waals surface area (Å²) >= 11 is 2.65. The Morgan fingerprint density at radius 2 is 1.80 bits per heavy atom. The van der Waals surface area contributed by atoms with Crippen molar-refractivity contribution in [3.05, 3.63) is 59.1 Å². The molecule has 0 saturated carbocycles. The van der Waals surface area contributed by atoms with Crippen molar-refractivity contribution >= 4 is 64.8 Å². The molecule has 0 bridgehead atoms. The fraction of sp³-hybridized carbons (Fsp3) is 0.0588. The highest BCUT2D eigenvalue weighted by Crippen LogP contribution is 2.38. The number of halogens is 4. The van der Waals surface area contributed by atoms with Crippen LogP contribution in [-0.4, -0.2) is 23.5 Å². The summed E-state index contributed by atoms with van der Waals surface area (Å²) < 4.78 is 72.0. The SMILES string of the molecule is O=c1c2sc3nccc(OS(=O)(=O)C(F)(F)F)c3c2ccn1-c1ccc(OI)cc1. The molecule has 0 aliphatic rings. The van der Waals surface area contributed by atoms with E-state index in [1.165, 1.54) is 16.8 Å². The third-order valence-corrected chi connectivity index (χ3v) is 6.66. The Balaban J connectivity index is 1.90. The lowest BCUT2D eigenvalue weighted by atomic mass is 10.2. The van der Waals surface area contributed by atoms with Gasteiger partial charge in [0.1, 0.15) is 15.3 Å². The average molecular weight is 568 g/mol. The number of alkyl halides is 3. The summed E-state index contributed by atoms with van der Waals surface area (Å²) in [5.74, 6) is 0.0384. The number of rotatable bonds is 4. The van der Waals surface area contributed by atoms with E-state index in [0.29, 0.717) is 11.4 Å². The molecule has 0 aliphatic heterocycles. The van der Waals surface area contributed by atoms with Gasteiger partial charge in [-0.25, -0.2) is 4.98 Å². The van der Waals surface area contributed by atoms with Gasteiger partial charge in [0, 0.05) is 29.5 Å². The molecule has 4 rings (SSSR count). The second kappa shape index (κ2) is 7.39. The number of nitrogens with zero attached hydrogens (tertiary/aromatic N) is 2. The maximum atomic E-state index is 13.0. The van der Waals surface area contributed by atoms with Crippen LogP contribution < -0.4 is 12.8 Å². The molecule has 1 aromatic carbocycles. The number of aromatic nitrogens is 2. The van der Waals surface area contributed by atoms with Crippen LogP contribution in [0, 0.1) is 0 Å². The molecule has 0 radical (unpaired) electrons. The van der Waals surface area contributed by atoms with Gasteiger partial charge >= 0.3 is 15.6 Å². The molecule has 0 spiro atoms. The third kappa shape index (κ3) is 3.50. The summed E-state index contributed by atoms with van der Waals surface area (Å²) in [6, 6.07) is 9.16. The standard InChI is InChI=1S/C17H8F3IN2O5S2/c18-17(19,20)30(25,26)28-12-5-7-22-15-13(12)11-6-8-23(16(24)14(11)29-15)9-1-3-10(27-21)4-2-9/h1-8H. The zero-order valence-corrected chi connectivity index (χ0v) is 18.2. The fourth-order valence-electron chi connectivity index (χ4n) is 2.76. The maximum Gasteiger partial charge on any atom is 0.534 e.